The van der Waals surface area contributed by atoms with Gasteiger partial charge in [-0.05, 0) is 19.3 Å². The third-order valence-corrected chi connectivity index (χ3v) is 2.57. The van der Waals surface area contributed by atoms with Gasteiger partial charge in [-0.2, -0.15) is 5.10 Å². The normalized spacial score (nSPS) is 16.4. The van der Waals surface area contributed by atoms with Gasteiger partial charge in [-0.1, -0.05) is 0 Å². The highest BCUT2D eigenvalue weighted by atomic mass is 16.2. The molecule has 0 saturated heterocycles. The molecule has 0 bridgehead atoms. The molecular formula is C9H14N4O. The summed E-state index contributed by atoms with van der Waals surface area (Å²) in [5.41, 5.74) is 6.01. The highest BCUT2D eigenvalue weighted by molar-refractivity contribution is 5.93. The molecule has 1 saturated carbocycles. The third kappa shape index (κ3) is 1.57. The van der Waals surface area contributed by atoms with E-state index in [1.807, 2.05) is 0 Å². The molecule has 5 heteroatoms. The molecule has 0 radical (unpaired) electrons. The van der Waals surface area contributed by atoms with Crippen LogP contribution in [0.5, 0.6) is 0 Å². The number of rotatable bonds is 2. The Morgan fingerprint density at radius 2 is 2.43 bits per heavy atom. The molecule has 1 heterocycles. The maximum Gasteiger partial charge on any atom is 0.269 e. The molecule has 0 atom stereocenters. The van der Waals surface area contributed by atoms with Gasteiger partial charge in [-0.25, -0.2) is 0 Å². The number of hydrogen-bond acceptors (Lipinski definition) is 3. The Hall–Kier alpha value is -1.52. The van der Waals surface area contributed by atoms with E-state index in [1.54, 1.807) is 13.1 Å². The summed E-state index contributed by atoms with van der Waals surface area (Å²) in [4.78, 5) is 11.7. The van der Waals surface area contributed by atoms with Crippen LogP contribution in [0.3, 0.4) is 0 Å². The fraction of sp³-hybridized carbons (Fsp3) is 0.556. The smallest absolute Gasteiger partial charge is 0.269 e. The summed E-state index contributed by atoms with van der Waals surface area (Å²) in [6.07, 6.45) is 3.37. The van der Waals surface area contributed by atoms with Gasteiger partial charge in [0.1, 0.15) is 11.5 Å². The molecule has 5 nitrogen and oxygen atoms in total. The molecule has 0 aliphatic heterocycles. The lowest BCUT2D eigenvalue weighted by atomic mass is 9.93. The van der Waals surface area contributed by atoms with E-state index in [0.717, 1.165) is 12.8 Å². The van der Waals surface area contributed by atoms with Crippen molar-refractivity contribution in [3.8, 4) is 0 Å². The van der Waals surface area contributed by atoms with Gasteiger partial charge >= 0.3 is 0 Å². The summed E-state index contributed by atoms with van der Waals surface area (Å²) in [6.45, 7) is 0. The highest BCUT2D eigenvalue weighted by Crippen LogP contribution is 2.18. The van der Waals surface area contributed by atoms with E-state index in [4.69, 9.17) is 5.73 Å². The van der Waals surface area contributed by atoms with Crippen LogP contribution >= 0.6 is 0 Å². The van der Waals surface area contributed by atoms with Crippen LogP contribution in [-0.2, 0) is 7.05 Å². The molecule has 1 aliphatic carbocycles. The number of nitrogens with two attached hydrogens (primary N) is 1. The lowest BCUT2D eigenvalue weighted by molar-refractivity contribution is 0.0907. The van der Waals surface area contributed by atoms with Crippen molar-refractivity contribution < 1.29 is 4.79 Å². The van der Waals surface area contributed by atoms with Crippen molar-refractivity contribution in [2.45, 2.75) is 25.3 Å². The van der Waals surface area contributed by atoms with E-state index >= 15 is 0 Å². The molecular weight excluding hydrogens is 180 g/mol. The third-order valence-electron chi connectivity index (χ3n) is 2.57. The Kier molecular flexibility index (Phi) is 2.15. The predicted molar refractivity (Wildman–Crippen MR) is 52.7 cm³/mol. The number of aryl methyl sites for hydroxylation is 1. The van der Waals surface area contributed by atoms with Gasteiger partial charge in [-0.3, -0.25) is 9.48 Å². The van der Waals surface area contributed by atoms with Crippen molar-refractivity contribution in [3.63, 3.8) is 0 Å². The molecule has 2 rings (SSSR count). The van der Waals surface area contributed by atoms with Crippen LogP contribution in [0.15, 0.2) is 6.07 Å². The van der Waals surface area contributed by atoms with E-state index in [-0.39, 0.29) is 5.91 Å². The van der Waals surface area contributed by atoms with Crippen LogP contribution in [0.4, 0.5) is 5.82 Å². The number of hydrogen-bond donors (Lipinski definition) is 2. The molecule has 76 valence electrons. The summed E-state index contributed by atoms with van der Waals surface area (Å²) in [7, 11) is 1.71. The van der Waals surface area contributed by atoms with Crippen LogP contribution in [0.1, 0.15) is 29.8 Å². The average Bonchev–Trinajstić information content (AvgIpc) is 2.37. The van der Waals surface area contributed by atoms with E-state index in [0.29, 0.717) is 17.6 Å². The topological polar surface area (TPSA) is 72.9 Å². The van der Waals surface area contributed by atoms with Crippen LogP contribution in [0.25, 0.3) is 0 Å². The molecule has 1 aliphatic rings. The molecule has 14 heavy (non-hydrogen) atoms. The summed E-state index contributed by atoms with van der Waals surface area (Å²) < 4.78 is 1.50. The fourth-order valence-corrected chi connectivity index (χ4v) is 1.51. The van der Waals surface area contributed by atoms with Crippen molar-refractivity contribution in [3.05, 3.63) is 11.8 Å². The average molecular weight is 194 g/mol. The van der Waals surface area contributed by atoms with Gasteiger partial charge in [0.2, 0.25) is 0 Å². The lowest BCUT2D eigenvalue weighted by Crippen LogP contribution is -2.40. The molecule has 3 N–H and O–H groups in total. The van der Waals surface area contributed by atoms with Crippen molar-refractivity contribution >= 4 is 11.7 Å². The number of nitrogens with one attached hydrogen (secondary N) is 1. The van der Waals surface area contributed by atoms with Crippen molar-refractivity contribution in [1.29, 1.82) is 0 Å². The zero-order valence-corrected chi connectivity index (χ0v) is 8.16. The number of carbonyl (C=O) groups is 1. The number of nitrogens with zero attached hydrogens (tertiary/aromatic N) is 2. The summed E-state index contributed by atoms with van der Waals surface area (Å²) in [6, 6.07) is 1.94. The van der Waals surface area contributed by atoms with E-state index in [1.165, 1.54) is 11.1 Å². The monoisotopic (exact) mass is 194 g/mol. The number of aromatic nitrogens is 2. The van der Waals surface area contributed by atoms with Crippen molar-refractivity contribution in [2.75, 3.05) is 5.73 Å². The maximum atomic E-state index is 11.7. The first-order chi connectivity index (χ1) is 6.66. The maximum absolute atomic E-state index is 11.7. The standard InChI is InChI=1S/C9H14N4O/c1-13-7(5-8(10)12-13)9(14)11-6-3-2-4-6/h5-6H,2-4H2,1H3,(H2,10,12)(H,11,14). The minimum Gasteiger partial charge on any atom is -0.382 e. The van der Waals surface area contributed by atoms with E-state index in [2.05, 4.69) is 10.4 Å². The summed E-state index contributed by atoms with van der Waals surface area (Å²) >= 11 is 0. The Morgan fingerprint density at radius 3 is 2.86 bits per heavy atom. The second kappa shape index (κ2) is 3.32. The van der Waals surface area contributed by atoms with Crippen LogP contribution in [0.2, 0.25) is 0 Å². The van der Waals surface area contributed by atoms with Gasteiger partial charge in [0.05, 0.1) is 0 Å². The largest absolute Gasteiger partial charge is 0.382 e. The van der Waals surface area contributed by atoms with Crippen LogP contribution in [-0.4, -0.2) is 21.7 Å². The minimum atomic E-state index is -0.0820. The predicted octanol–water partition coefficient (Wildman–Crippen LogP) is 0.285. The lowest BCUT2D eigenvalue weighted by Gasteiger charge is -2.26. The molecule has 1 aromatic rings. The number of nitrogen functional groups attached to an aromatic ring is 1. The van der Waals surface area contributed by atoms with Gasteiger partial charge in [-0.15, -0.1) is 0 Å². The van der Waals surface area contributed by atoms with E-state index < -0.39 is 0 Å². The first kappa shape index (κ1) is 9.05. The molecule has 0 aromatic carbocycles. The summed E-state index contributed by atoms with van der Waals surface area (Å²) in [5, 5.41) is 6.85. The van der Waals surface area contributed by atoms with Gasteiger partial charge in [0.15, 0.2) is 0 Å². The Bertz CT molecular complexity index is 354. The summed E-state index contributed by atoms with van der Waals surface area (Å²) in [5.74, 6) is 0.299. The highest BCUT2D eigenvalue weighted by Gasteiger charge is 2.21. The first-order valence-electron chi connectivity index (χ1n) is 4.77. The molecule has 1 fully saturated rings. The van der Waals surface area contributed by atoms with Gasteiger partial charge in [0.25, 0.3) is 5.91 Å². The number of amides is 1. The quantitative estimate of drug-likeness (QED) is 0.710. The number of anilines is 1. The molecule has 1 amide bonds. The molecule has 0 spiro atoms. The minimum absolute atomic E-state index is 0.0820. The SMILES string of the molecule is Cn1nc(N)cc1C(=O)NC1CCC1. The number of carbonyl (C=O) groups excluding carboxylic acids is 1. The molecule has 1 aromatic heterocycles. The van der Waals surface area contributed by atoms with E-state index in [9.17, 15) is 4.79 Å². The van der Waals surface area contributed by atoms with Gasteiger partial charge in [0, 0.05) is 19.2 Å². The van der Waals surface area contributed by atoms with Crippen LogP contribution < -0.4 is 11.1 Å². The first-order valence-corrected chi connectivity index (χ1v) is 4.77. The Labute approximate surface area is 82.3 Å². The zero-order chi connectivity index (χ0) is 10.1. The Morgan fingerprint density at radius 1 is 1.71 bits per heavy atom. The van der Waals surface area contributed by atoms with Crippen molar-refractivity contribution in [2.24, 2.45) is 7.05 Å². The molecule has 0 unspecified atom stereocenters. The van der Waals surface area contributed by atoms with Crippen molar-refractivity contribution in [1.82, 2.24) is 15.1 Å². The second-order valence-electron chi connectivity index (χ2n) is 3.68. The van der Waals surface area contributed by atoms with Gasteiger partial charge < -0.3 is 11.1 Å². The zero-order valence-electron chi connectivity index (χ0n) is 8.16. The Balaban J connectivity index is 2.06. The fourth-order valence-electron chi connectivity index (χ4n) is 1.51. The second-order valence-corrected chi connectivity index (χ2v) is 3.68. The van der Waals surface area contributed by atoms with Crippen LogP contribution in [0, 0.1) is 0 Å².